The topological polar surface area (TPSA) is 43.4 Å². The van der Waals surface area contributed by atoms with Gasteiger partial charge in [0.2, 0.25) is 0 Å². The molecule has 0 saturated heterocycles. The van der Waals surface area contributed by atoms with Gasteiger partial charge in [-0.1, -0.05) is 6.07 Å². The van der Waals surface area contributed by atoms with Gasteiger partial charge in [-0.2, -0.15) is 11.3 Å². The maximum absolute atomic E-state index is 5.37. The van der Waals surface area contributed by atoms with E-state index in [4.69, 9.17) is 9.47 Å². The molecule has 2 aromatic heterocycles. The lowest BCUT2D eigenvalue weighted by molar-refractivity contribution is 0.355. The smallest absolute Gasteiger partial charge is 0.162 e. The molecule has 4 nitrogen and oxygen atoms in total. The lowest BCUT2D eigenvalue weighted by Crippen LogP contribution is -1.99. The van der Waals surface area contributed by atoms with Gasteiger partial charge >= 0.3 is 0 Å². The van der Waals surface area contributed by atoms with Crippen LogP contribution >= 0.6 is 11.3 Å². The highest BCUT2D eigenvalue weighted by Crippen LogP contribution is 2.34. The van der Waals surface area contributed by atoms with E-state index in [0.717, 1.165) is 34.1 Å². The zero-order valence-corrected chi connectivity index (χ0v) is 14.1. The summed E-state index contributed by atoms with van der Waals surface area (Å²) in [5, 5.41) is 7.50. The van der Waals surface area contributed by atoms with Crippen LogP contribution in [0.2, 0.25) is 0 Å². The van der Waals surface area contributed by atoms with Gasteiger partial charge in [-0.25, -0.2) is 4.98 Å². The fourth-order valence-corrected chi connectivity index (χ4v) is 2.98. The summed E-state index contributed by atoms with van der Waals surface area (Å²) in [6, 6.07) is 11.9. The molecule has 0 amide bonds. The molecule has 0 atom stereocenters. The molecular formula is C18H18N2O2S. The lowest BCUT2D eigenvalue weighted by Gasteiger charge is -2.14. The number of nitrogens with zero attached hydrogens (tertiary/aromatic N) is 1. The van der Waals surface area contributed by atoms with Gasteiger partial charge in [-0.3, -0.25) is 0 Å². The van der Waals surface area contributed by atoms with E-state index in [2.05, 4.69) is 27.1 Å². The molecule has 0 bridgehead atoms. The first-order valence-electron chi connectivity index (χ1n) is 7.20. The van der Waals surface area contributed by atoms with Crippen molar-refractivity contribution in [3.05, 3.63) is 52.7 Å². The fraction of sp³-hybridized carbons (Fsp3) is 0.167. The Bertz CT molecular complexity index is 801. The predicted molar refractivity (Wildman–Crippen MR) is 95.1 cm³/mol. The number of rotatable bonds is 5. The van der Waals surface area contributed by atoms with Gasteiger partial charge in [0.15, 0.2) is 11.5 Å². The first-order valence-corrected chi connectivity index (χ1v) is 8.15. The molecular weight excluding hydrogens is 308 g/mol. The van der Waals surface area contributed by atoms with Gasteiger partial charge in [0.05, 0.1) is 19.9 Å². The van der Waals surface area contributed by atoms with E-state index in [1.54, 1.807) is 25.6 Å². The van der Waals surface area contributed by atoms with Crippen LogP contribution in [0.15, 0.2) is 47.2 Å². The summed E-state index contributed by atoms with van der Waals surface area (Å²) in [6.07, 6.45) is 0. The average molecular weight is 326 g/mol. The molecule has 0 spiro atoms. The summed E-state index contributed by atoms with van der Waals surface area (Å²) in [6.45, 7) is 2.02. The summed E-state index contributed by atoms with van der Waals surface area (Å²) >= 11 is 1.66. The van der Waals surface area contributed by atoms with Crippen LogP contribution in [0.1, 0.15) is 5.56 Å². The predicted octanol–water partition coefficient (Wildman–Crippen LogP) is 4.88. The SMILES string of the molecule is COc1cc(C)c(Nc2cccc(-c3ccsc3)n2)cc1OC. The van der Waals surface area contributed by atoms with Crippen molar-refractivity contribution in [3.63, 3.8) is 0 Å². The van der Waals surface area contributed by atoms with Gasteiger partial charge in [-0.15, -0.1) is 0 Å². The van der Waals surface area contributed by atoms with Crippen molar-refractivity contribution in [1.29, 1.82) is 0 Å². The molecule has 118 valence electrons. The van der Waals surface area contributed by atoms with Crippen LogP contribution in [0.4, 0.5) is 11.5 Å². The number of thiophene rings is 1. The second-order valence-corrected chi connectivity index (χ2v) is 5.85. The van der Waals surface area contributed by atoms with Crippen molar-refractivity contribution in [3.8, 4) is 22.8 Å². The molecule has 0 aliphatic heterocycles. The maximum Gasteiger partial charge on any atom is 0.162 e. The van der Waals surface area contributed by atoms with E-state index in [9.17, 15) is 0 Å². The van der Waals surface area contributed by atoms with E-state index in [0.29, 0.717) is 5.75 Å². The summed E-state index contributed by atoms with van der Waals surface area (Å²) in [4.78, 5) is 4.67. The zero-order valence-electron chi connectivity index (χ0n) is 13.3. The van der Waals surface area contributed by atoms with Crippen LogP contribution < -0.4 is 14.8 Å². The Morgan fingerprint density at radius 1 is 1.04 bits per heavy atom. The van der Waals surface area contributed by atoms with Crippen molar-refractivity contribution >= 4 is 22.8 Å². The Labute approximate surface area is 139 Å². The quantitative estimate of drug-likeness (QED) is 0.726. The molecule has 0 aliphatic rings. The van der Waals surface area contributed by atoms with Gasteiger partial charge in [-0.05, 0) is 42.1 Å². The molecule has 0 aliphatic carbocycles. The third-order valence-corrected chi connectivity index (χ3v) is 4.24. The fourth-order valence-electron chi connectivity index (χ4n) is 2.33. The minimum absolute atomic E-state index is 0.689. The van der Waals surface area contributed by atoms with Crippen LogP contribution in [0, 0.1) is 6.92 Å². The third-order valence-electron chi connectivity index (χ3n) is 3.56. The van der Waals surface area contributed by atoms with Crippen molar-refractivity contribution in [2.75, 3.05) is 19.5 Å². The van der Waals surface area contributed by atoms with Crippen LogP contribution in [0.3, 0.4) is 0 Å². The molecule has 1 N–H and O–H groups in total. The van der Waals surface area contributed by atoms with Gasteiger partial charge in [0.1, 0.15) is 5.82 Å². The van der Waals surface area contributed by atoms with Gasteiger partial charge in [0.25, 0.3) is 0 Å². The number of aromatic nitrogens is 1. The van der Waals surface area contributed by atoms with E-state index < -0.39 is 0 Å². The summed E-state index contributed by atoms with van der Waals surface area (Å²) in [5.74, 6) is 2.20. The minimum Gasteiger partial charge on any atom is -0.493 e. The number of hydrogen-bond acceptors (Lipinski definition) is 5. The maximum atomic E-state index is 5.37. The number of hydrogen-bond donors (Lipinski definition) is 1. The van der Waals surface area contributed by atoms with E-state index >= 15 is 0 Å². The molecule has 0 fully saturated rings. The summed E-state index contributed by atoms with van der Waals surface area (Å²) in [7, 11) is 3.27. The van der Waals surface area contributed by atoms with Crippen molar-refractivity contribution in [2.45, 2.75) is 6.92 Å². The molecule has 0 saturated carbocycles. The molecule has 3 aromatic rings. The zero-order chi connectivity index (χ0) is 16.2. The summed E-state index contributed by atoms with van der Waals surface area (Å²) in [5.41, 5.74) is 4.08. The number of benzene rings is 1. The van der Waals surface area contributed by atoms with Gasteiger partial charge in [0, 0.05) is 22.7 Å². The second kappa shape index (κ2) is 6.71. The first-order chi connectivity index (χ1) is 11.2. The highest BCUT2D eigenvalue weighted by molar-refractivity contribution is 7.08. The first kappa shape index (κ1) is 15.4. The molecule has 23 heavy (non-hydrogen) atoms. The Morgan fingerprint density at radius 3 is 2.52 bits per heavy atom. The van der Waals surface area contributed by atoms with Crippen LogP contribution in [0.25, 0.3) is 11.3 Å². The molecule has 2 heterocycles. The number of anilines is 2. The van der Waals surface area contributed by atoms with Crippen molar-refractivity contribution < 1.29 is 9.47 Å². The van der Waals surface area contributed by atoms with E-state index in [-0.39, 0.29) is 0 Å². The number of nitrogens with one attached hydrogen (secondary N) is 1. The van der Waals surface area contributed by atoms with Crippen molar-refractivity contribution in [2.24, 2.45) is 0 Å². The normalized spacial score (nSPS) is 10.4. The summed E-state index contributed by atoms with van der Waals surface area (Å²) < 4.78 is 10.7. The monoisotopic (exact) mass is 326 g/mol. The molecule has 3 rings (SSSR count). The van der Waals surface area contributed by atoms with Gasteiger partial charge < -0.3 is 14.8 Å². The molecule has 0 unspecified atom stereocenters. The molecule has 1 aromatic carbocycles. The van der Waals surface area contributed by atoms with E-state index in [1.165, 1.54) is 0 Å². The Morgan fingerprint density at radius 2 is 1.83 bits per heavy atom. The third kappa shape index (κ3) is 3.29. The highest BCUT2D eigenvalue weighted by Gasteiger charge is 2.09. The lowest BCUT2D eigenvalue weighted by atomic mass is 10.1. The van der Waals surface area contributed by atoms with Crippen LogP contribution in [-0.4, -0.2) is 19.2 Å². The highest BCUT2D eigenvalue weighted by atomic mass is 32.1. The van der Waals surface area contributed by atoms with Crippen molar-refractivity contribution in [1.82, 2.24) is 4.98 Å². The number of methoxy groups -OCH3 is 2. The number of aryl methyl sites for hydroxylation is 1. The average Bonchev–Trinajstić information content (AvgIpc) is 3.11. The Kier molecular flexibility index (Phi) is 4.48. The van der Waals surface area contributed by atoms with E-state index in [1.807, 2.05) is 37.3 Å². The Hall–Kier alpha value is -2.53. The Balaban J connectivity index is 1.92. The standard InChI is InChI=1S/C18H18N2O2S/c1-12-9-16(21-2)17(22-3)10-15(12)20-18-6-4-5-14(19-18)13-7-8-23-11-13/h4-11H,1-3H3,(H,19,20). The molecule has 0 radical (unpaired) electrons. The largest absolute Gasteiger partial charge is 0.493 e. The van der Waals surface area contributed by atoms with Crippen LogP contribution in [-0.2, 0) is 0 Å². The number of pyridine rings is 1. The second-order valence-electron chi connectivity index (χ2n) is 5.07. The number of ether oxygens (including phenoxy) is 2. The van der Waals surface area contributed by atoms with Crippen LogP contribution in [0.5, 0.6) is 11.5 Å². The molecule has 5 heteroatoms. The minimum atomic E-state index is 0.689.